The lowest BCUT2D eigenvalue weighted by Gasteiger charge is -2.26. The molecule has 0 bridgehead atoms. The number of rotatable bonds is 13. The first-order valence-electron chi connectivity index (χ1n) is 14.5. The number of benzene rings is 2. The first-order chi connectivity index (χ1) is 21.1. The van der Waals surface area contributed by atoms with Crippen molar-refractivity contribution in [1.82, 2.24) is 19.4 Å². The molecule has 2 aromatic heterocycles. The Morgan fingerprint density at radius 3 is 2.57 bits per heavy atom. The predicted molar refractivity (Wildman–Crippen MR) is 176 cm³/mol. The highest BCUT2D eigenvalue weighted by atomic mass is 16.5. The van der Waals surface area contributed by atoms with Gasteiger partial charge in [0.2, 0.25) is 11.9 Å². The van der Waals surface area contributed by atoms with Gasteiger partial charge in [0.1, 0.15) is 11.3 Å². The molecular weight excluding hydrogens is 558 g/mol. The fourth-order valence-corrected chi connectivity index (χ4v) is 4.68. The maximum Gasteiger partial charge on any atom is 0.342 e. The molecule has 4 rings (SSSR count). The predicted octanol–water partition coefficient (Wildman–Crippen LogP) is 5.47. The molecule has 0 spiro atoms. The Kier molecular flexibility index (Phi) is 10.2. The molecule has 0 aliphatic rings. The van der Waals surface area contributed by atoms with Crippen LogP contribution in [-0.4, -0.2) is 78.8 Å². The summed E-state index contributed by atoms with van der Waals surface area (Å²) in [5.74, 6) is -0.0853. The van der Waals surface area contributed by atoms with E-state index in [9.17, 15) is 9.59 Å². The van der Waals surface area contributed by atoms with Crippen LogP contribution in [-0.2, 0) is 16.6 Å². The second-order valence-corrected chi connectivity index (χ2v) is 10.9. The highest BCUT2D eigenvalue weighted by molar-refractivity contribution is 6.04. The lowest BCUT2D eigenvalue weighted by molar-refractivity contribution is -0.111. The number of methoxy groups -OCH3 is 1. The Morgan fingerprint density at radius 2 is 1.89 bits per heavy atom. The summed E-state index contributed by atoms with van der Waals surface area (Å²) in [5.41, 5.74) is 4.31. The van der Waals surface area contributed by atoms with Gasteiger partial charge in [0.25, 0.3) is 0 Å². The van der Waals surface area contributed by atoms with E-state index in [0.717, 1.165) is 28.7 Å². The van der Waals surface area contributed by atoms with Crippen molar-refractivity contribution in [2.24, 2.45) is 7.05 Å². The van der Waals surface area contributed by atoms with E-state index in [4.69, 9.17) is 14.5 Å². The fourth-order valence-electron chi connectivity index (χ4n) is 4.68. The molecule has 2 aromatic carbocycles. The quantitative estimate of drug-likeness (QED) is 0.153. The van der Waals surface area contributed by atoms with E-state index in [2.05, 4.69) is 27.1 Å². The summed E-state index contributed by atoms with van der Waals surface area (Å²) >= 11 is 0. The number of carbonyl (C=O) groups excluding carboxylic acids is 2. The van der Waals surface area contributed by atoms with Crippen LogP contribution in [0.25, 0.3) is 22.2 Å². The van der Waals surface area contributed by atoms with Crippen LogP contribution in [0, 0.1) is 0 Å². The molecule has 4 aromatic rings. The van der Waals surface area contributed by atoms with Crippen LogP contribution in [0.1, 0.15) is 30.6 Å². The van der Waals surface area contributed by atoms with Crippen molar-refractivity contribution >= 4 is 45.8 Å². The number of hydrogen-bond donors (Lipinski definition) is 2. The number of esters is 1. The van der Waals surface area contributed by atoms with E-state index in [1.165, 1.54) is 12.3 Å². The lowest BCUT2D eigenvalue weighted by atomic mass is 10.1. The van der Waals surface area contributed by atoms with Gasteiger partial charge in [0.15, 0.2) is 0 Å². The Balaban J connectivity index is 1.81. The van der Waals surface area contributed by atoms with Crippen LogP contribution in [0.4, 0.5) is 23.0 Å². The van der Waals surface area contributed by atoms with Crippen LogP contribution < -0.4 is 20.3 Å². The smallest absolute Gasteiger partial charge is 0.342 e. The topological polar surface area (TPSA) is 114 Å². The first-order valence-corrected chi connectivity index (χ1v) is 14.5. The lowest BCUT2D eigenvalue weighted by Crippen LogP contribution is -2.29. The van der Waals surface area contributed by atoms with E-state index in [0.29, 0.717) is 35.8 Å². The number of likely N-dealkylation sites (N-methyl/N-ethyl adjacent to an activating group) is 2. The molecule has 0 aliphatic carbocycles. The Morgan fingerprint density at radius 1 is 1.14 bits per heavy atom. The van der Waals surface area contributed by atoms with Gasteiger partial charge in [-0.1, -0.05) is 31.7 Å². The van der Waals surface area contributed by atoms with Crippen molar-refractivity contribution in [2.75, 3.05) is 56.9 Å². The van der Waals surface area contributed by atoms with E-state index in [1.54, 1.807) is 13.2 Å². The van der Waals surface area contributed by atoms with Gasteiger partial charge in [0, 0.05) is 62.1 Å². The Bertz CT molecular complexity index is 1660. The third-order valence-electron chi connectivity index (χ3n) is 7.35. The fraction of sp³-hybridized carbons (Fsp3) is 0.333. The number of nitrogens with one attached hydrogen (secondary N) is 2. The third kappa shape index (κ3) is 7.17. The van der Waals surface area contributed by atoms with Gasteiger partial charge in [-0.05, 0) is 45.6 Å². The molecule has 0 radical (unpaired) electrons. The van der Waals surface area contributed by atoms with Crippen LogP contribution in [0.3, 0.4) is 0 Å². The van der Waals surface area contributed by atoms with Crippen LogP contribution in [0.5, 0.6) is 5.75 Å². The number of fused-ring (bicyclic) bond motifs is 1. The summed E-state index contributed by atoms with van der Waals surface area (Å²) in [7, 11) is 9.48. The number of carbonyl (C=O) groups is 2. The van der Waals surface area contributed by atoms with Crippen molar-refractivity contribution in [3.63, 3.8) is 0 Å². The standard InChI is InChI=1S/C33H41N7O4/c1-9-21(3)44-32(42)23-19-34-33(37-31(23)24-20-40(7)27-14-12-11-13-22(24)27)36-26-17-25(35-30(41)10-2)28(18-29(26)43-8)39(6)16-15-38(4)5/h10-14,17-21H,2,9,15-16H2,1,3-8H3,(H,35,41)(H,34,36,37). The van der Waals surface area contributed by atoms with Crippen molar-refractivity contribution < 1.29 is 19.1 Å². The minimum absolute atomic E-state index is 0.237. The second-order valence-electron chi connectivity index (χ2n) is 10.9. The Hall–Kier alpha value is -4.90. The molecule has 1 atom stereocenters. The van der Waals surface area contributed by atoms with Crippen LogP contribution in [0.2, 0.25) is 0 Å². The van der Waals surface area contributed by atoms with E-state index in [1.807, 2.05) is 88.0 Å². The zero-order valence-electron chi connectivity index (χ0n) is 26.5. The summed E-state index contributed by atoms with van der Waals surface area (Å²) < 4.78 is 13.4. The average Bonchev–Trinajstić information content (AvgIpc) is 3.35. The SMILES string of the molecule is C=CC(=O)Nc1cc(Nc2ncc(C(=O)OC(C)CC)c(-c3cn(C)c4ccccc34)n2)c(OC)cc1N(C)CCN(C)C. The number of anilines is 4. The first kappa shape index (κ1) is 32.0. The minimum Gasteiger partial charge on any atom is -0.494 e. The van der Waals surface area contributed by atoms with Gasteiger partial charge in [-0.3, -0.25) is 4.79 Å². The summed E-state index contributed by atoms with van der Waals surface area (Å²) in [6.45, 7) is 8.92. The zero-order valence-corrected chi connectivity index (χ0v) is 26.5. The molecular formula is C33H41N7O4. The molecule has 0 saturated carbocycles. The molecule has 232 valence electrons. The van der Waals surface area contributed by atoms with Gasteiger partial charge in [0.05, 0.1) is 36.0 Å². The molecule has 1 unspecified atom stereocenters. The van der Waals surface area contributed by atoms with Crippen LogP contribution >= 0.6 is 0 Å². The van der Waals surface area contributed by atoms with Crippen LogP contribution in [0.15, 0.2) is 61.4 Å². The maximum absolute atomic E-state index is 13.3. The summed E-state index contributed by atoms with van der Waals surface area (Å²) in [6, 6.07) is 11.5. The average molecular weight is 600 g/mol. The monoisotopic (exact) mass is 599 g/mol. The van der Waals surface area contributed by atoms with E-state index in [-0.39, 0.29) is 23.5 Å². The van der Waals surface area contributed by atoms with Crippen molar-refractivity contribution in [1.29, 1.82) is 0 Å². The second kappa shape index (κ2) is 14.0. The van der Waals surface area contributed by atoms with Crippen molar-refractivity contribution in [3.8, 4) is 17.0 Å². The maximum atomic E-state index is 13.3. The van der Waals surface area contributed by atoms with Gasteiger partial charge < -0.3 is 34.5 Å². The van der Waals surface area contributed by atoms with Crippen molar-refractivity contribution in [3.05, 3.63) is 67.0 Å². The highest BCUT2D eigenvalue weighted by Gasteiger charge is 2.23. The molecule has 44 heavy (non-hydrogen) atoms. The third-order valence-corrected chi connectivity index (χ3v) is 7.35. The van der Waals surface area contributed by atoms with Gasteiger partial charge in [-0.15, -0.1) is 0 Å². The zero-order chi connectivity index (χ0) is 32.0. The molecule has 11 heteroatoms. The number of para-hydroxylation sites is 1. The number of amides is 1. The summed E-state index contributed by atoms with van der Waals surface area (Å²) in [5, 5.41) is 7.09. The molecule has 2 N–H and O–H groups in total. The van der Waals surface area contributed by atoms with Crippen molar-refractivity contribution in [2.45, 2.75) is 26.4 Å². The Labute approximate surface area is 258 Å². The number of aromatic nitrogens is 3. The van der Waals surface area contributed by atoms with Gasteiger partial charge in [-0.2, -0.15) is 0 Å². The molecule has 2 heterocycles. The number of ether oxygens (including phenoxy) is 2. The molecule has 0 saturated heterocycles. The summed E-state index contributed by atoms with van der Waals surface area (Å²) in [4.78, 5) is 39.1. The summed E-state index contributed by atoms with van der Waals surface area (Å²) in [6.07, 6.45) is 5.06. The molecule has 1 amide bonds. The number of nitrogens with zero attached hydrogens (tertiary/aromatic N) is 5. The highest BCUT2D eigenvalue weighted by Crippen LogP contribution is 2.39. The minimum atomic E-state index is -0.494. The number of hydrogen-bond acceptors (Lipinski definition) is 9. The normalized spacial score (nSPS) is 11.7. The van der Waals surface area contributed by atoms with Gasteiger partial charge in [-0.25, -0.2) is 14.8 Å². The molecule has 0 aliphatic heterocycles. The molecule has 11 nitrogen and oxygen atoms in total. The van der Waals surface area contributed by atoms with Gasteiger partial charge >= 0.3 is 5.97 Å². The van der Waals surface area contributed by atoms with E-state index >= 15 is 0 Å². The van der Waals surface area contributed by atoms with E-state index < -0.39 is 5.97 Å². The largest absolute Gasteiger partial charge is 0.494 e. The molecule has 0 fully saturated rings. The number of aryl methyl sites for hydroxylation is 1.